The molecular weight excluding hydrogens is 787 g/mol. The Balaban J connectivity index is -0.000000232. The second kappa shape index (κ2) is 38.4. The summed E-state index contributed by atoms with van der Waals surface area (Å²) in [6.07, 6.45) is 14.1. The van der Waals surface area contributed by atoms with E-state index in [1.165, 1.54) is 82.4 Å². The van der Waals surface area contributed by atoms with E-state index < -0.39 is 0 Å². The molecule has 0 amide bonds. The van der Waals surface area contributed by atoms with Gasteiger partial charge in [-0.3, -0.25) is 9.80 Å². The molecule has 3 heteroatoms. The Hall–Kier alpha value is -1.42. The van der Waals surface area contributed by atoms with E-state index in [0.717, 1.165) is 37.4 Å². The van der Waals surface area contributed by atoms with Gasteiger partial charge in [0.15, 0.2) is 0 Å². The predicted octanol–water partition coefficient (Wildman–Crippen LogP) is 19.5. The molecule has 390 valence electrons. The number of piperidine rings is 1. The van der Waals surface area contributed by atoms with Crippen LogP contribution in [0.5, 0.6) is 0 Å². The normalized spacial score (nSPS) is 16.3. The molecule has 0 unspecified atom stereocenters. The van der Waals surface area contributed by atoms with Crippen molar-refractivity contribution in [3.8, 4) is 0 Å². The fourth-order valence-corrected chi connectivity index (χ4v) is 8.28. The molecule has 1 fully saturated rings. The third kappa shape index (κ3) is 41.3. The Kier molecular flexibility index (Phi) is 42.9. The van der Waals surface area contributed by atoms with Gasteiger partial charge in [0.1, 0.15) is 0 Å². The first kappa shape index (κ1) is 72.6. The largest absolute Gasteiger partial charge is 0.301 e. The standard InChI is InChI=1S/C14H22.C13H25N.C13H27N.C13H25N.4C2H6.CH4/c1-11(2)13-8-6-12(7-9-13)10-14(3,4)5;1-11(2)12-6-8-14(9-7-12)10-13(3,4)5;2*1-11(2)14-8-6-12(7-9-14)10-13(3,4)5;4*1-2;/h6-9,11H,10H2,1-5H3;6,11H,7-10H2,1-5H3;11-12H,6-10H2,1-5H3;6,11H,7-10H2,1-5H3;4*1-2H3;1H4. The molecule has 1 aromatic rings. The summed E-state index contributed by atoms with van der Waals surface area (Å²) in [6, 6.07) is 10.5. The van der Waals surface area contributed by atoms with Gasteiger partial charge in [0, 0.05) is 44.8 Å². The lowest BCUT2D eigenvalue weighted by molar-refractivity contribution is 0.127. The van der Waals surface area contributed by atoms with Crippen LogP contribution in [0.1, 0.15) is 257 Å². The lowest BCUT2D eigenvalue weighted by Crippen LogP contribution is -2.39. The summed E-state index contributed by atoms with van der Waals surface area (Å²) in [4.78, 5) is 7.71. The number of rotatable bonds is 8. The van der Waals surface area contributed by atoms with E-state index in [2.05, 4.69) is 190 Å². The van der Waals surface area contributed by atoms with Gasteiger partial charge in [-0.2, -0.15) is 0 Å². The lowest BCUT2D eigenvalue weighted by atomic mass is 9.80. The van der Waals surface area contributed by atoms with Crippen molar-refractivity contribution in [2.45, 2.75) is 264 Å². The first-order valence-electron chi connectivity index (χ1n) is 27.2. The van der Waals surface area contributed by atoms with Gasteiger partial charge >= 0.3 is 0 Å². The molecule has 4 rings (SSSR count). The van der Waals surface area contributed by atoms with Crippen LogP contribution in [0.4, 0.5) is 0 Å². The van der Waals surface area contributed by atoms with Gasteiger partial charge in [-0.15, -0.1) is 0 Å². The van der Waals surface area contributed by atoms with Crippen molar-refractivity contribution in [3.63, 3.8) is 0 Å². The number of benzene rings is 1. The molecule has 3 nitrogen and oxygen atoms in total. The molecule has 3 aliphatic heterocycles. The number of likely N-dealkylation sites (tertiary alicyclic amines) is 1. The van der Waals surface area contributed by atoms with Crippen molar-refractivity contribution in [3.05, 3.63) is 58.7 Å². The predicted molar refractivity (Wildman–Crippen MR) is 306 cm³/mol. The number of hydrogen-bond donors (Lipinski definition) is 0. The smallest absolute Gasteiger partial charge is 0.0168 e. The average molecular weight is 915 g/mol. The van der Waals surface area contributed by atoms with E-state index in [4.69, 9.17) is 0 Å². The first-order valence-corrected chi connectivity index (χ1v) is 27.2. The Morgan fingerprint density at radius 3 is 1.26 bits per heavy atom. The maximum atomic E-state index is 2.61. The highest BCUT2D eigenvalue weighted by Gasteiger charge is 2.25. The molecule has 0 bridgehead atoms. The first-order chi connectivity index (χ1) is 29.5. The zero-order valence-corrected chi connectivity index (χ0v) is 49.6. The minimum Gasteiger partial charge on any atom is -0.301 e. The van der Waals surface area contributed by atoms with E-state index in [-0.39, 0.29) is 7.43 Å². The molecule has 0 aromatic heterocycles. The van der Waals surface area contributed by atoms with E-state index >= 15 is 0 Å². The van der Waals surface area contributed by atoms with Gasteiger partial charge in [-0.1, -0.05) is 221 Å². The summed E-state index contributed by atoms with van der Waals surface area (Å²) >= 11 is 0. The molecule has 1 saturated heterocycles. The van der Waals surface area contributed by atoms with Gasteiger partial charge in [0.2, 0.25) is 0 Å². The summed E-state index contributed by atoms with van der Waals surface area (Å²) in [5, 5.41) is 0. The summed E-state index contributed by atoms with van der Waals surface area (Å²) in [6.45, 7) is 70.8. The van der Waals surface area contributed by atoms with Crippen molar-refractivity contribution in [1.29, 1.82) is 0 Å². The van der Waals surface area contributed by atoms with Gasteiger partial charge in [0.05, 0.1) is 0 Å². The van der Waals surface area contributed by atoms with Crippen LogP contribution in [0.2, 0.25) is 0 Å². The van der Waals surface area contributed by atoms with Crippen molar-refractivity contribution in [2.24, 2.45) is 33.5 Å². The minimum atomic E-state index is 0. The molecule has 1 aromatic carbocycles. The summed E-state index contributed by atoms with van der Waals surface area (Å²) < 4.78 is 0. The Bertz CT molecular complexity index is 1240. The number of nitrogens with zero attached hydrogens (tertiary/aromatic N) is 3. The molecule has 0 atom stereocenters. The Morgan fingerprint density at radius 2 is 0.954 bits per heavy atom. The Labute approximate surface area is 415 Å². The highest BCUT2D eigenvalue weighted by Crippen LogP contribution is 2.32. The quantitative estimate of drug-likeness (QED) is 0.241. The van der Waals surface area contributed by atoms with Crippen LogP contribution in [0.25, 0.3) is 0 Å². The summed E-state index contributed by atoms with van der Waals surface area (Å²) in [5.74, 6) is 2.36. The zero-order chi connectivity index (χ0) is 51.1. The maximum absolute atomic E-state index is 2.61. The van der Waals surface area contributed by atoms with Gasteiger partial charge < -0.3 is 4.90 Å². The third-order valence-electron chi connectivity index (χ3n) is 11.3. The molecule has 0 spiro atoms. The lowest BCUT2D eigenvalue weighted by Gasteiger charge is -2.36. The monoisotopic (exact) mass is 914 g/mol. The molecule has 3 aliphatic rings. The Morgan fingerprint density at radius 1 is 0.492 bits per heavy atom. The number of hydrogen-bond acceptors (Lipinski definition) is 3. The molecular formula is C62H127N3. The van der Waals surface area contributed by atoms with Crippen LogP contribution >= 0.6 is 0 Å². The van der Waals surface area contributed by atoms with Gasteiger partial charge in [-0.05, 0) is 136 Å². The highest BCUT2D eigenvalue weighted by molar-refractivity contribution is 5.25. The van der Waals surface area contributed by atoms with Crippen LogP contribution in [0.15, 0.2) is 47.6 Å². The minimum absolute atomic E-state index is 0. The highest BCUT2D eigenvalue weighted by atomic mass is 15.2. The topological polar surface area (TPSA) is 9.72 Å². The second-order valence-electron chi connectivity index (χ2n) is 23.9. The fraction of sp³-hybridized carbons (Fsp3) is 0.839. The second-order valence-corrected chi connectivity index (χ2v) is 23.9. The van der Waals surface area contributed by atoms with Crippen LogP contribution in [-0.4, -0.2) is 72.6 Å². The molecule has 0 saturated carbocycles. The summed E-state index contributed by atoms with van der Waals surface area (Å²) in [5.41, 5.74) is 7.98. The van der Waals surface area contributed by atoms with Crippen LogP contribution < -0.4 is 0 Å². The molecule has 0 aliphatic carbocycles. The van der Waals surface area contributed by atoms with Crippen LogP contribution in [0.3, 0.4) is 0 Å². The van der Waals surface area contributed by atoms with Crippen molar-refractivity contribution in [2.75, 3.05) is 45.8 Å². The van der Waals surface area contributed by atoms with E-state index in [0.29, 0.717) is 33.6 Å². The molecule has 0 radical (unpaired) electrons. The maximum Gasteiger partial charge on any atom is 0.0168 e. The van der Waals surface area contributed by atoms with Crippen molar-refractivity contribution >= 4 is 0 Å². The zero-order valence-electron chi connectivity index (χ0n) is 49.6. The van der Waals surface area contributed by atoms with E-state index in [1.807, 2.05) is 55.4 Å². The van der Waals surface area contributed by atoms with E-state index in [1.54, 1.807) is 11.1 Å². The average Bonchev–Trinajstić information content (AvgIpc) is 3.20. The van der Waals surface area contributed by atoms with E-state index in [9.17, 15) is 0 Å². The van der Waals surface area contributed by atoms with Crippen LogP contribution in [-0.2, 0) is 6.42 Å². The van der Waals surface area contributed by atoms with Crippen molar-refractivity contribution in [1.82, 2.24) is 14.7 Å². The van der Waals surface area contributed by atoms with Gasteiger partial charge in [-0.25, -0.2) is 0 Å². The van der Waals surface area contributed by atoms with Crippen LogP contribution in [0, 0.1) is 33.5 Å². The third-order valence-corrected chi connectivity index (χ3v) is 11.3. The van der Waals surface area contributed by atoms with Crippen molar-refractivity contribution < 1.29 is 0 Å². The molecule has 3 heterocycles. The molecule has 65 heavy (non-hydrogen) atoms. The SMILES string of the molecule is C.CC.CC.CC.CC.CC(C)C1=CCN(CC(C)(C)C)CC1.CC(C)N1CC=C(CC(C)(C)C)CC1.CC(C)N1CCC(CC(C)(C)C)CC1.CC(C)c1ccc(CC(C)(C)C)cc1. The fourth-order valence-electron chi connectivity index (χ4n) is 8.28. The molecule has 0 N–H and O–H groups in total. The summed E-state index contributed by atoms with van der Waals surface area (Å²) in [7, 11) is 0. The van der Waals surface area contributed by atoms with Gasteiger partial charge in [0.25, 0.3) is 0 Å².